The van der Waals surface area contributed by atoms with Crippen LogP contribution in [0.15, 0.2) is 46.3 Å². The summed E-state index contributed by atoms with van der Waals surface area (Å²) in [5.41, 5.74) is 5.52. The van der Waals surface area contributed by atoms with Crippen LogP contribution in [0.25, 0.3) is 0 Å². The maximum Gasteiger partial charge on any atom is 0.279 e. The first-order valence-electron chi connectivity index (χ1n) is 7.24. The highest BCUT2D eigenvalue weighted by Crippen LogP contribution is 2.26. The molecule has 0 aliphatic carbocycles. The van der Waals surface area contributed by atoms with Gasteiger partial charge in [0, 0.05) is 23.1 Å². The molecule has 0 spiro atoms. The molecule has 3 amide bonds. The van der Waals surface area contributed by atoms with E-state index in [2.05, 4.69) is 26.8 Å². The van der Waals surface area contributed by atoms with Crippen molar-refractivity contribution in [3.8, 4) is 0 Å². The summed E-state index contributed by atoms with van der Waals surface area (Å²) < 4.78 is 0.920. The molecule has 124 valence electrons. The van der Waals surface area contributed by atoms with E-state index in [0.29, 0.717) is 11.4 Å². The summed E-state index contributed by atoms with van der Waals surface area (Å²) in [5, 5.41) is 1.78. The predicted molar refractivity (Wildman–Crippen MR) is 94.5 cm³/mol. The van der Waals surface area contributed by atoms with Crippen LogP contribution >= 0.6 is 27.3 Å². The molecular weight excluding hydrogens is 394 g/mol. The van der Waals surface area contributed by atoms with Gasteiger partial charge in [-0.15, -0.1) is 11.3 Å². The van der Waals surface area contributed by atoms with Gasteiger partial charge in [0.15, 0.2) is 0 Å². The minimum absolute atomic E-state index is 0.109. The number of thiophene rings is 1. The molecule has 0 radical (unpaired) electrons. The quantitative estimate of drug-likeness (QED) is 0.766. The fraction of sp³-hybridized carbons (Fsp3) is 0.188. The molecule has 0 bridgehead atoms. The number of hydrogen-bond donors (Lipinski definition) is 2. The molecular formula is C16H14BrN3O3S. The molecule has 6 nitrogen and oxygen atoms in total. The Balaban J connectivity index is 1.58. The van der Waals surface area contributed by atoms with E-state index < -0.39 is 5.92 Å². The molecule has 8 heteroatoms. The molecule has 1 fully saturated rings. The average Bonchev–Trinajstić information content (AvgIpc) is 3.23. The second-order valence-electron chi connectivity index (χ2n) is 5.30. The van der Waals surface area contributed by atoms with Crippen molar-refractivity contribution in [1.29, 1.82) is 0 Å². The van der Waals surface area contributed by atoms with Gasteiger partial charge >= 0.3 is 0 Å². The minimum Gasteiger partial charge on any atom is -0.312 e. The first kappa shape index (κ1) is 16.7. The second kappa shape index (κ2) is 7.14. The summed E-state index contributed by atoms with van der Waals surface area (Å²) in [7, 11) is 0. The van der Waals surface area contributed by atoms with Gasteiger partial charge in [-0.05, 0) is 35.7 Å². The average molecular weight is 408 g/mol. The zero-order valence-corrected chi connectivity index (χ0v) is 14.9. The molecule has 1 aliphatic rings. The molecule has 1 aliphatic heterocycles. The number of benzene rings is 1. The highest BCUT2D eigenvalue weighted by atomic mass is 79.9. The third kappa shape index (κ3) is 3.65. The normalized spacial score (nSPS) is 17.0. The van der Waals surface area contributed by atoms with Crippen LogP contribution in [-0.2, 0) is 9.59 Å². The maximum absolute atomic E-state index is 12.2. The van der Waals surface area contributed by atoms with Crippen LogP contribution in [0.5, 0.6) is 0 Å². The lowest BCUT2D eigenvalue weighted by Gasteiger charge is -2.16. The summed E-state index contributed by atoms with van der Waals surface area (Å²) in [5.74, 6) is -1.34. The Labute approximate surface area is 150 Å². The Kier molecular flexibility index (Phi) is 4.96. The van der Waals surface area contributed by atoms with Crippen LogP contribution in [0.3, 0.4) is 0 Å². The van der Waals surface area contributed by atoms with Crippen LogP contribution in [0.1, 0.15) is 16.1 Å². The van der Waals surface area contributed by atoms with Gasteiger partial charge in [0.2, 0.25) is 11.8 Å². The van der Waals surface area contributed by atoms with Gasteiger partial charge in [-0.1, -0.05) is 22.0 Å². The molecule has 0 unspecified atom stereocenters. The van der Waals surface area contributed by atoms with E-state index in [4.69, 9.17) is 0 Å². The molecule has 3 rings (SSSR count). The van der Waals surface area contributed by atoms with E-state index in [0.717, 1.165) is 10.2 Å². The van der Waals surface area contributed by atoms with Crippen LogP contribution in [0, 0.1) is 5.92 Å². The standard InChI is InChI=1S/C16H14BrN3O3S/c17-11-3-5-12(6-4-11)20-9-10(8-14(20)21)15(22)18-19-16(23)13-2-1-7-24-13/h1-7,10H,8-9H2,(H,18,22)(H,19,23)/t10-/m1/s1. The zero-order valence-electron chi connectivity index (χ0n) is 12.5. The number of anilines is 1. The van der Waals surface area contributed by atoms with E-state index in [9.17, 15) is 14.4 Å². The number of halogens is 1. The first-order valence-corrected chi connectivity index (χ1v) is 8.91. The van der Waals surface area contributed by atoms with E-state index in [1.807, 2.05) is 24.3 Å². The fourth-order valence-electron chi connectivity index (χ4n) is 2.44. The van der Waals surface area contributed by atoms with Gasteiger partial charge in [-0.3, -0.25) is 25.2 Å². The maximum atomic E-state index is 12.2. The summed E-state index contributed by atoms with van der Waals surface area (Å²) in [4.78, 5) is 38.2. The van der Waals surface area contributed by atoms with Gasteiger partial charge in [0.05, 0.1) is 10.8 Å². The van der Waals surface area contributed by atoms with E-state index in [1.165, 1.54) is 11.3 Å². The zero-order chi connectivity index (χ0) is 17.1. The third-order valence-electron chi connectivity index (χ3n) is 3.68. The topological polar surface area (TPSA) is 78.5 Å². The van der Waals surface area contributed by atoms with E-state index in [1.54, 1.807) is 22.4 Å². The molecule has 24 heavy (non-hydrogen) atoms. The molecule has 2 aromatic rings. The van der Waals surface area contributed by atoms with Crippen molar-refractivity contribution in [2.45, 2.75) is 6.42 Å². The summed E-state index contributed by atoms with van der Waals surface area (Å²) in [6.45, 7) is 0.293. The lowest BCUT2D eigenvalue weighted by atomic mass is 10.1. The SMILES string of the molecule is O=C(NNC(=O)[C@@H]1CC(=O)N(c2ccc(Br)cc2)C1)c1cccs1. The first-order chi connectivity index (χ1) is 11.5. The molecule has 0 saturated carbocycles. The van der Waals surface area contributed by atoms with Crippen molar-refractivity contribution < 1.29 is 14.4 Å². The largest absolute Gasteiger partial charge is 0.312 e. The number of hydrazine groups is 1. The lowest BCUT2D eigenvalue weighted by Crippen LogP contribution is -2.44. The number of carbonyl (C=O) groups is 3. The molecule has 1 saturated heterocycles. The summed E-state index contributed by atoms with van der Waals surface area (Å²) >= 11 is 4.63. The van der Waals surface area contributed by atoms with Crippen molar-refractivity contribution in [3.63, 3.8) is 0 Å². The van der Waals surface area contributed by atoms with Crippen molar-refractivity contribution in [2.75, 3.05) is 11.4 Å². The van der Waals surface area contributed by atoms with Crippen molar-refractivity contribution >= 4 is 50.7 Å². The van der Waals surface area contributed by atoms with Crippen LogP contribution in [0.2, 0.25) is 0 Å². The number of nitrogens with zero attached hydrogens (tertiary/aromatic N) is 1. The molecule has 1 aromatic carbocycles. The minimum atomic E-state index is -0.496. The van der Waals surface area contributed by atoms with Gasteiger partial charge < -0.3 is 4.90 Å². The van der Waals surface area contributed by atoms with Crippen LogP contribution < -0.4 is 15.8 Å². The molecule has 1 aromatic heterocycles. The Morgan fingerprint density at radius 2 is 1.92 bits per heavy atom. The molecule has 2 heterocycles. The Hall–Kier alpha value is -2.19. The van der Waals surface area contributed by atoms with E-state index in [-0.39, 0.29) is 24.1 Å². The van der Waals surface area contributed by atoms with E-state index >= 15 is 0 Å². The Morgan fingerprint density at radius 1 is 1.17 bits per heavy atom. The smallest absolute Gasteiger partial charge is 0.279 e. The lowest BCUT2D eigenvalue weighted by molar-refractivity contribution is -0.126. The number of hydrogen-bond acceptors (Lipinski definition) is 4. The van der Waals surface area contributed by atoms with Gasteiger partial charge in [-0.2, -0.15) is 0 Å². The monoisotopic (exact) mass is 407 g/mol. The molecule has 2 N–H and O–H groups in total. The Morgan fingerprint density at radius 3 is 2.58 bits per heavy atom. The third-order valence-corrected chi connectivity index (χ3v) is 5.08. The van der Waals surface area contributed by atoms with Crippen molar-refractivity contribution in [2.24, 2.45) is 5.92 Å². The van der Waals surface area contributed by atoms with Gasteiger partial charge in [0.25, 0.3) is 5.91 Å². The fourth-order valence-corrected chi connectivity index (χ4v) is 3.33. The van der Waals surface area contributed by atoms with Gasteiger partial charge in [0.1, 0.15) is 0 Å². The number of rotatable bonds is 3. The van der Waals surface area contributed by atoms with Crippen LogP contribution in [-0.4, -0.2) is 24.3 Å². The van der Waals surface area contributed by atoms with Crippen molar-refractivity contribution in [1.82, 2.24) is 10.9 Å². The number of carbonyl (C=O) groups excluding carboxylic acids is 3. The summed E-state index contributed by atoms with van der Waals surface area (Å²) in [6.07, 6.45) is 0.122. The molecule has 1 atom stereocenters. The van der Waals surface area contributed by atoms with Gasteiger partial charge in [-0.25, -0.2) is 0 Å². The highest BCUT2D eigenvalue weighted by Gasteiger charge is 2.35. The number of amides is 3. The van der Waals surface area contributed by atoms with Crippen molar-refractivity contribution in [3.05, 3.63) is 51.1 Å². The summed E-state index contributed by atoms with van der Waals surface area (Å²) in [6, 6.07) is 10.8. The predicted octanol–water partition coefficient (Wildman–Crippen LogP) is 2.32. The van der Waals surface area contributed by atoms with Crippen LogP contribution in [0.4, 0.5) is 5.69 Å². The highest BCUT2D eigenvalue weighted by molar-refractivity contribution is 9.10. The second-order valence-corrected chi connectivity index (χ2v) is 7.17. The number of nitrogens with one attached hydrogen (secondary N) is 2. The Bertz CT molecular complexity index is 761.